The number of aryl methyl sites for hydroxylation is 1. The Morgan fingerprint density at radius 2 is 1.62 bits per heavy atom. The van der Waals surface area contributed by atoms with Gasteiger partial charge in [-0.3, -0.25) is 0 Å². The van der Waals surface area contributed by atoms with Crippen LogP contribution < -0.4 is 4.74 Å². The van der Waals surface area contributed by atoms with Crippen molar-refractivity contribution in [3.05, 3.63) is 60.9 Å². The van der Waals surface area contributed by atoms with Crippen LogP contribution >= 0.6 is 66.7 Å². The van der Waals surface area contributed by atoms with Crippen molar-refractivity contribution in [3.8, 4) is 11.8 Å². The number of hydrogen-bond donors (Lipinski definition) is 0. The fourth-order valence-corrected chi connectivity index (χ4v) is 2.84. The number of aromatic nitrogens is 4. The highest BCUT2D eigenvalue weighted by Gasteiger charge is 2.07. The molecular formula is C14H9Br2Cl3N4O. The molecule has 3 rings (SSSR count). The van der Waals surface area contributed by atoms with E-state index in [1.807, 2.05) is 0 Å². The van der Waals surface area contributed by atoms with Crippen molar-refractivity contribution < 1.29 is 4.74 Å². The molecule has 3 heterocycles. The van der Waals surface area contributed by atoms with E-state index in [1.165, 1.54) is 0 Å². The first kappa shape index (κ1) is 19.5. The molecule has 0 amide bonds. The second kappa shape index (κ2) is 9.01. The van der Waals surface area contributed by atoms with Gasteiger partial charge in [0.1, 0.15) is 10.2 Å². The summed E-state index contributed by atoms with van der Waals surface area (Å²) in [6, 6.07) is 5.15. The Balaban J connectivity index is 0.000000198. The molecule has 3 aromatic rings. The largest absolute Gasteiger partial charge is 0.419 e. The second-order valence-corrected chi connectivity index (χ2v) is 7.27. The van der Waals surface area contributed by atoms with Crippen molar-refractivity contribution in [3.63, 3.8) is 0 Å². The predicted octanol–water partition coefficient (Wildman–Crippen LogP) is 6.17. The third-order valence-corrected chi connectivity index (χ3v) is 4.34. The van der Waals surface area contributed by atoms with Gasteiger partial charge in [0.15, 0.2) is 0 Å². The van der Waals surface area contributed by atoms with Crippen LogP contribution in [0.2, 0.25) is 15.2 Å². The number of nitrogens with zero attached hydrogens (tertiary/aromatic N) is 4. The van der Waals surface area contributed by atoms with E-state index in [1.54, 1.807) is 48.5 Å². The fourth-order valence-electron chi connectivity index (χ4n) is 1.44. The smallest absolute Gasteiger partial charge is 0.240 e. The van der Waals surface area contributed by atoms with E-state index in [0.29, 0.717) is 27.0 Å². The third-order valence-electron chi connectivity index (χ3n) is 2.51. The molecule has 3 aromatic heterocycles. The van der Waals surface area contributed by atoms with E-state index in [4.69, 9.17) is 39.5 Å². The number of hydrogen-bond acceptors (Lipinski definition) is 4. The van der Waals surface area contributed by atoms with E-state index in [9.17, 15) is 0 Å². The molecule has 0 radical (unpaired) electrons. The van der Waals surface area contributed by atoms with E-state index in [0.717, 1.165) is 8.95 Å². The Bertz CT molecular complexity index is 845. The van der Waals surface area contributed by atoms with Gasteiger partial charge in [-0.2, -0.15) is 5.10 Å². The van der Waals surface area contributed by atoms with Gasteiger partial charge in [0, 0.05) is 34.5 Å². The Morgan fingerprint density at radius 1 is 1.00 bits per heavy atom. The lowest BCUT2D eigenvalue weighted by Gasteiger charge is -2.05. The van der Waals surface area contributed by atoms with Gasteiger partial charge in [0.05, 0.1) is 11.2 Å². The molecule has 0 aliphatic carbocycles. The number of rotatable bonds is 2. The highest BCUT2D eigenvalue weighted by molar-refractivity contribution is 9.10. The Labute approximate surface area is 170 Å². The molecule has 0 aromatic carbocycles. The monoisotopic (exact) mass is 512 g/mol. The van der Waals surface area contributed by atoms with Crippen molar-refractivity contribution in [1.29, 1.82) is 0 Å². The standard InChI is InChI=1S/C9H7BrClN3O.C5H2BrCl2N/c1-14-8(2-3-13-14)15-9-7(11)4-6(10)5-12-9;6-3-1-4(7)5(8)9-2-3/h2-5H,1H3;1-2H. The van der Waals surface area contributed by atoms with Crippen LogP contribution in [0.4, 0.5) is 0 Å². The number of halogens is 5. The summed E-state index contributed by atoms with van der Waals surface area (Å²) >= 11 is 23.5. The van der Waals surface area contributed by atoms with Crippen molar-refractivity contribution >= 4 is 66.7 Å². The molecule has 0 bridgehead atoms. The summed E-state index contributed by atoms with van der Waals surface area (Å²) in [5, 5.41) is 5.22. The molecular weight excluding hydrogens is 506 g/mol. The van der Waals surface area contributed by atoms with Crippen LogP contribution in [0.3, 0.4) is 0 Å². The third kappa shape index (κ3) is 5.60. The molecule has 0 aliphatic rings. The van der Waals surface area contributed by atoms with Crippen LogP contribution in [0.1, 0.15) is 0 Å². The molecule has 0 saturated heterocycles. The van der Waals surface area contributed by atoms with Gasteiger partial charge in [-0.25, -0.2) is 14.6 Å². The van der Waals surface area contributed by atoms with Gasteiger partial charge in [0.25, 0.3) is 0 Å². The predicted molar refractivity (Wildman–Crippen MR) is 102 cm³/mol. The second-order valence-electron chi connectivity index (χ2n) is 4.26. The lowest BCUT2D eigenvalue weighted by atomic mass is 10.5. The first-order chi connectivity index (χ1) is 11.4. The zero-order valence-electron chi connectivity index (χ0n) is 12.1. The number of pyridine rings is 2. The van der Waals surface area contributed by atoms with Gasteiger partial charge in [0.2, 0.25) is 11.8 Å². The van der Waals surface area contributed by atoms with Gasteiger partial charge in [-0.1, -0.05) is 34.8 Å². The van der Waals surface area contributed by atoms with E-state index in [2.05, 4.69) is 46.9 Å². The van der Waals surface area contributed by atoms with Crippen LogP contribution in [0.25, 0.3) is 0 Å². The molecule has 0 saturated carbocycles. The molecule has 5 nitrogen and oxygen atoms in total. The normalized spacial score (nSPS) is 10.1. The van der Waals surface area contributed by atoms with Crippen LogP contribution in [0.5, 0.6) is 11.8 Å². The molecule has 10 heteroatoms. The number of ether oxygens (including phenoxy) is 1. The van der Waals surface area contributed by atoms with Crippen molar-refractivity contribution in [1.82, 2.24) is 19.7 Å². The fraction of sp³-hybridized carbons (Fsp3) is 0.0714. The van der Waals surface area contributed by atoms with Crippen LogP contribution in [0, 0.1) is 0 Å². The summed E-state index contributed by atoms with van der Waals surface area (Å²) in [5.74, 6) is 0.954. The average Bonchev–Trinajstić information content (AvgIpc) is 2.92. The molecule has 0 N–H and O–H groups in total. The molecule has 0 fully saturated rings. The minimum Gasteiger partial charge on any atom is -0.419 e. The summed E-state index contributed by atoms with van der Waals surface area (Å²) in [7, 11) is 1.78. The highest BCUT2D eigenvalue weighted by Crippen LogP contribution is 2.28. The first-order valence-corrected chi connectivity index (χ1v) is 9.02. The summed E-state index contributed by atoms with van der Waals surface area (Å²) in [5.41, 5.74) is 0. The summed E-state index contributed by atoms with van der Waals surface area (Å²) < 4.78 is 8.71. The quantitative estimate of drug-likeness (QED) is 0.383. The van der Waals surface area contributed by atoms with E-state index < -0.39 is 0 Å². The maximum atomic E-state index is 5.95. The Hall–Kier alpha value is -0.860. The van der Waals surface area contributed by atoms with E-state index >= 15 is 0 Å². The molecule has 126 valence electrons. The average molecular weight is 515 g/mol. The minimum atomic E-state index is 0.333. The summed E-state index contributed by atoms with van der Waals surface area (Å²) in [6.45, 7) is 0. The minimum absolute atomic E-state index is 0.333. The van der Waals surface area contributed by atoms with E-state index in [-0.39, 0.29) is 0 Å². The zero-order valence-corrected chi connectivity index (χ0v) is 17.5. The van der Waals surface area contributed by atoms with Crippen molar-refractivity contribution in [2.75, 3.05) is 0 Å². The van der Waals surface area contributed by atoms with Gasteiger partial charge in [-0.15, -0.1) is 0 Å². The van der Waals surface area contributed by atoms with Crippen LogP contribution in [0.15, 0.2) is 45.7 Å². The molecule has 0 atom stereocenters. The van der Waals surface area contributed by atoms with Crippen molar-refractivity contribution in [2.24, 2.45) is 7.05 Å². The van der Waals surface area contributed by atoms with Gasteiger partial charge >= 0.3 is 0 Å². The lowest BCUT2D eigenvalue weighted by Crippen LogP contribution is -1.96. The highest BCUT2D eigenvalue weighted by atomic mass is 79.9. The maximum absolute atomic E-state index is 5.95. The SMILES string of the molecule is Clc1cc(Br)cnc1Cl.Cn1nccc1Oc1ncc(Br)cc1Cl. The van der Waals surface area contributed by atoms with Gasteiger partial charge in [-0.05, 0) is 44.0 Å². The molecule has 24 heavy (non-hydrogen) atoms. The molecule has 0 unspecified atom stereocenters. The summed E-state index contributed by atoms with van der Waals surface area (Å²) in [4.78, 5) is 7.82. The van der Waals surface area contributed by atoms with Crippen LogP contribution in [-0.2, 0) is 7.05 Å². The lowest BCUT2D eigenvalue weighted by molar-refractivity contribution is 0.415. The summed E-state index contributed by atoms with van der Waals surface area (Å²) in [6.07, 6.45) is 4.86. The van der Waals surface area contributed by atoms with Crippen LogP contribution in [-0.4, -0.2) is 19.7 Å². The Kier molecular flexibility index (Phi) is 7.31. The molecule has 0 spiro atoms. The maximum Gasteiger partial charge on any atom is 0.240 e. The first-order valence-electron chi connectivity index (χ1n) is 6.30. The zero-order chi connectivity index (χ0) is 17.7. The van der Waals surface area contributed by atoms with Crippen molar-refractivity contribution in [2.45, 2.75) is 0 Å². The topological polar surface area (TPSA) is 52.8 Å². The Morgan fingerprint density at radius 3 is 2.12 bits per heavy atom. The van der Waals surface area contributed by atoms with Gasteiger partial charge < -0.3 is 4.74 Å². The molecule has 0 aliphatic heterocycles.